The second-order valence-electron chi connectivity index (χ2n) is 5.08. The SMILES string of the molecule is COc1cc2oc3c4ccc(O)cc4oc(=O)c3c2cc1OC. The van der Waals surface area contributed by atoms with Gasteiger partial charge in [-0.15, -0.1) is 0 Å². The van der Waals surface area contributed by atoms with Gasteiger partial charge in [0.2, 0.25) is 0 Å². The van der Waals surface area contributed by atoms with E-state index in [0.717, 1.165) is 0 Å². The van der Waals surface area contributed by atoms with Crippen LogP contribution in [-0.4, -0.2) is 19.3 Å². The number of benzene rings is 2. The predicted molar refractivity (Wildman–Crippen MR) is 84.5 cm³/mol. The molecule has 4 rings (SSSR count). The molecule has 0 aliphatic heterocycles. The highest BCUT2D eigenvalue weighted by atomic mass is 16.5. The van der Waals surface area contributed by atoms with Gasteiger partial charge in [0.1, 0.15) is 22.3 Å². The first-order chi connectivity index (χ1) is 11.1. The monoisotopic (exact) mass is 312 g/mol. The molecule has 0 aliphatic rings. The molecule has 0 spiro atoms. The Balaban J connectivity index is 2.22. The molecule has 2 aromatic carbocycles. The van der Waals surface area contributed by atoms with Gasteiger partial charge in [0.05, 0.1) is 19.6 Å². The van der Waals surface area contributed by atoms with E-state index < -0.39 is 5.63 Å². The zero-order valence-electron chi connectivity index (χ0n) is 12.4. The highest BCUT2D eigenvalue weighted by Gasteiger charge is 2.19. The minimum atomic E-state index is -0.538. The van der Waals surface area contributed by atoms with Crippen molar-refractivity contribution in [3.8, 4) is 17.2 Å². The summed E-state index contributed by atoms with van der Waals surface area (Å²) < 4.78 is 21.7. The Labute approximate surface area is 129 Å². The van der Waals surface area contributed by atoms with Crippen LogP contribution in [0, 0.1) is 0 Å². The highest BCUT2D eigenvalue weighted by molar-refractivity contribution is 6.13. The standard InChI is InChI=1S/C17H12O6/c1-20-13-6-10-12(7-14(13)21-2)22-16-9-4-3-8(18)5-11(9)23-17(19)15(10)16/h3-7,18H,1-2H3. The van der Waals surface area contributed by atoms with Gasteiger partial charge in [0.15, 0.2) is 17.1 Å². The van der Waals surface area contributed by atoms with Crippen LogP contribution in [0.3, 0.4) is 0 Å². The minimum absolute atomic E-state index is 0.0134. The number of phenols is 1. The number of rotatable bonds is 2. The number of ether oxygens (including phenoxy) is 2. The van der Waals surface area contributed by atoms with Crippen molar-refractivity contribution < 1.29 is 23.4 Å². The maximum Gasteiger partial charge on any atom is 0.348 e. The summed E-state index contributed by atoms with van der Waals surface area (Å²) in [6, 6.07) is 7.89. The van der Waals surface area contributed by atoms with Crippen LogP contribution in [0.25, 0.3) is 32.9 Å². The minimum Gasteiger partial charge on any atom is -0.508 e. The summed E-state index contributed by atoms with van der Waals surface area (Å²) in [6.45, 7) is 0. The molecule has 0 saturated carbocycles. The number of fused-ring (bicyclic) bond motifs is 5. The third kappa shape index (κ3) is 1.85. The Hall–Kier alpha value is -3.15. The summed E-state index contributed by atoms with van der Waals surface area (Å²) in [4.78, 5) is 12.4. The van der Waals surface area contributed by atoms with E-state index in [4.69, 9.17) is 18.3 Å². The van der Waals surface area contributed by atoms with Crippen LogP contribution in [0.15, 0.2) is 44.0 Å². The molecule has 6 heteroatoms. The Morgan fingerprint density at radius 2 is 1.61 bits per heavy atom. The van der Waals surface area contributed by atoms with Gasteiger partial charge >= 0.3 is 5.63 Å². The van der Waals surface area contributed by atoms with E-state index in [1.165, 1.54) is 26.4 Å². The van der Waals surface area contributed by atoms with Crippen LogP contribution >= 0.6 is 0 Å². The summed E-state index contributed by atoms with van der Waals surface area (Å²) in [7, 11) is 3.05. The zero-order valence-corrected chi connectivity index (χ0v) is 12.4. The van der Waals surface area contributed by atoms with Gasteiger partial charge in [-0.1, -0.05) is 0 Å². The number of furan rings is 1. The molecule has 0 fully saturated rings. The average Bonchev–Trinajstić information content (AvgIpc) is 2.92. The largest absolute Gasteiger partial charge is 0.508 e. The van der Waals surface area contributed by atoms with E-state index in [1.807, 2.05) is 0 Å². The molecule has 116 valence electrons. The van der Waals surface area contributed by atoms with Crippen molar-refractivity contribution in [2.75, 3.05) is 14.2 Å². The fourth-order valence-corrected chi connectivity index (χ4v) is 2.75. The van der Waals surface area contributed by atoms with Crippen molar-refractivity contribution in [1.29, 1.82) is 0 Å². The number of aromatic hydroxyl groups is 1. The van der Waals surface area contributed by atoms with E-state index in [-0.39, 0.29) is 11.3 Å². The summed E-state index contributed by atoms with van der Waals surface area (Å²) in [5, 5.41) is 11.1. The first-order valence-electron chi connectivity index (χ1n) is 6.86. The van der Waals surface area contributed by atoms with Crippen LogP contribution in [0.4, 0.5) is 0 Å². The molecule has 6 nitrogen and oxygen atoms in total. The van der Waals surface area contributed by atoms with Crippen molar-refractivity contribution in [2.45, 2.75) is 0 Å². The van der Waals surface area contributed by atoms with Crippen molar-refractivity contribution >= 4 is 32.9 Å². The van der Waals surface area contributed by atoms with Gasteiger partial charge in [-0.25, -0.2) is 4.79 Å². The van der Waals surface area contributed by atoms with E-state index >= 15 is 0 Å². The molecule has 4 aromatic rings. The summed E-state index contributed by atoms with van der Waals surface area (Å²) in [5.74, 6) is 1.01. The summed E-state index contributed by atoms with van der Waals surface area (Å²) >= 11 is 0. The molecule has 0 bridgehead atoms. The molecule has 0 saturated heterocycles. The molecule has 2 aromatic heterocycles. The van der Waals surface area contributed by atoms with Gasteiger partial charge in [-0.2, -0.15) is 0 Å². The topological polar surface area (TPSA) is 82.0 Å². The lowest BCUT2D eigenvalue weighted by Crippen LogP contribution is -1.98. The normalized spacial score (nSPS) is 11.4. The smallest absolute Gasteiger partial charge is 0.348 e. The van der Waals surface area contributed by atoms with Crippen LogP contribution < -0.4 is 15.1 Å². The van der Waals surface area contributed by atoms with E-state index in [0.29, 0.717) is 38.8 Å². The van der Waals surface area contributed by atoms with Gasteiger partial charge in [-0.3, -0.25) is 0 Å². The second-order valence-corrected chi connectivity index (χ2v) is 5.08. The Bertz CT molecular complexity index is 1120. The lowest BCUT2D eigenvalue weighted by atomic mass is 10.1. The number of hydrogen-bond acceptors (Lipinski definition) is 6. The summed E-state index contributed by atoms with van der Waals surface area (Å²) in [5.41, 5.74) is 0.622. The molecule has 0 atom stereocenters. The molecule has 23 heavy (non-hydrogen) atoms. The number of hydrogen-bond donors (Lipinski definition) is 1. The van der Waals surface area contributed by atoms with Gasteiger partial charge in [0, 0.05) is 17.5 Å². The third-order valence-electron chi connectivity index (χ3n) is 3.81. The fraction of sp³-hybridized carbons (Fsp3) is 0.118. The molecular weight excluding hydrogens is 300 g/mol. The Kier molecular flexibility index (Phi) is 2.74. The number of phenolic OH excluding ortho intramolecular Hbond substituents is 1. The lowest BCUT2D eigenvalue weighted by molar-refractivity contribution is 0.355. The van der Waals surface area contributed by atoms with Crippen LogP contribution in [0.1, 0.15) is 0 Å². The zero-order chi connectivity index (χ0) is 16.1. The third-order valence-corrected chi connectivity index (χ3v) is 3.81. The van der Waals surface area contributed by atoms with Gasteiger partial charge in [0.25, 0.3) is 0 Å². The highest BCUT2D eigenvalue weighted by Crippen LogP contribution is 2.38. The average molecular weight is 312 g/mol. The van der Waals surface area contributed by atoms with Crippen LogP contribution in [0.5, 0.6) is 17.2 Å². The van der Waals surface area contributed by atoms with Crippen molar-refractivity contribution in [2.24, 2.45) is 0 Å². The van der Waals surface area contributed by atoms with Gasteiger partial charge < -0.3 is 23.4 Å². The number of methoxy groups -OCH3 is 2. The molecular formula is C17H12O6. The Morgan fingerprint density at radius 3 is 2.35 bits per heavy atom. The molecule has 0 aliphatic carbocycles. The first kappa shape index (κ1) is 13.5. The summed E-state index contributed by atoms with van der Waals surface area (Å²) in [6.07, 6.45) is 0. The van der Waals surface area contributed by atoms with Crippen LogP contribution in [-0.2, 0) is 0 Å². The quantitative estimate of drug-likeness (QED) is 0.571. The Morgan fingerprint density at radius 1 is 0.913 bits per heavy atom. The second kappa shape index (κ2) is 4.67. The van der Waals surface area contributed by atoms with Crippen molar-refractivity contribution in [3.63, 3.8) is 0 Å². The lowest BCUT2D eigenvalue weighted by Gasteiger charge is -2.06. The van der Waals surface area contributed by atoms with Crippen LogP contribution in [0.2, 0.25) is 0 Å². The van der Waals surface area contributed by atoms with Crippen molar-refractivity contribution in [3.05, 3.63) is 40.8 Å². The van der Waals surface area contributed by atoms with E-state index in [2.05, 4.69) is 0 Å². The molecule has 2 heterocycles. The van der Waals surface area contributed by atoms with E-state index in [1.54, 1.807) is 18.2 Å². The van der Waals surface area contributed by atoms with Crippen molar-refractivity contribution in [1.82, 2.24) is 0 Å². The fourth-order valence-electron chi connectivity index (χ4n) is 2.75. The molecule has 0 amide bonds. The van der Waals surface area contributed by atoms with E-state index in [9.17, 15) is 9.90 Å². The first-order valence-corrected chi connectivity index (χ1v) is 6.86. The maximum absolute atomic E-state index is 12.4. The molecule has 0 radical (unpaired) electrons. The van der Waals surface area contributed by atoms with Gasteiger partial charge in [-0.05, 0) is 18.2 Å². The maximum atomic E-state index is 12.4. The predicted octanol–water partition coefficient (Wildman–Crippen LogP) is 3.42. The molecule has 0 unspecified atom stereocenters. The molecule has 1 N–H and O–H groups in total.